The molecule has 16 heavy (non-hydrogen) atoms. The lowest BCUT2D eigenvalue weighted by Gasteiger charge is -2.13. The summed E-state index contributed by atoms with van der Waals surface area (Å²) in [6.45, 7) is 0.782. The van der Waals surface area contributed by atoms with E-state index in [2.05, 4.69) is 5.32 Å². The van der Waals surface area contributed by atoms with E-state index in [1.807, 2.05) is 6.07 Å². The fourth-order valence-corrected chi connectivity index (χ4v) is 1.65. The van der Waals surface area contributed by atoms with E-state index < -0.39 is 0 Å². The van der Waals surface area contributed by atoms with Gasteiger partial charge in [-0.25, -0.2) is 0 Å². The molecule has 0 aliphatic carbocycles. The lowest BCUT2D eigenvalue weighted by molar-refractivity contribution is 0.404. The molecule has 0 fully saturated rings. The Balaban J connectivity index is 2.86. The average molecular weight is 264 g/mol. The van der Waals surface area contributed by atoms with Gasteiger partial charge in [-0.15, -0.1) is 11.6 Å². The van der Waals surface area contributed by atoms with Gasteiger partial charge in [0.2, 0.25) is 0 Å². The normalized spacial score (nSPS) is 10.0. The second-order valence-electron chi connectivity index (χ2n) is 3.16. The summed E-state index contributed by atoms with van der Waals surface area (Å²) in [5, 5.41) is 3.75. The van der Waals surface area contributed by atoms with Crippen molar-refractivity contribution in [2.45, 2.75) is 6.42 Å². The van der Waals surface area contributed by atoms with Crippen LogP contribution in [0.3, 0.4) is 0 Å². The van der Waals surface area contributed by atoms with Crippen molar-refractivity contribution >= 4 is 28.9 Å². The van der Waals surface area contributed by atoms with Crippen LogP contribution in [-0.2, 0) is 0 Å². The highest BCUT2D eigenvalue weighted by Gasteiger charge is 2.09. The van der Waals surface area contributed by atoms with Crippen LogP contribution < -0.4 is 14.8 Å². The van der Waals surface area contributed by atoms with Gasteiger partial charge in [-0.2, -0.15) is 0 Å². The maximum Gasteiger partial charge on any atom is 0.143 e. The molecule has 0 unspecified atom stereocenters. The van der Waals surface area contributed by atoms with Crippen molar-refractivity contribution in [3.8, 4) is 11.5 Å². The van der Waals surface area contributed by atoms with Crippen molar-refractivity contribution < 1.29 is 9.47 Å². The van der Waals surface area contributed by atoms with E-state index in [4.69, 9.17) is 32.7 Å². The van der Waals surface area contributed by atoms with E-state index in [1.165, 1.54) is 0 Å². The summed E-state index contributed by atoms with van der Waals surface area (Å²) in [5.74, 6) is 1.94. The van der Waals surface area contributed by atoms with Gasteiger partial charge in [-0.05, 0) is 6.42 Å². The third kappa shape index (κ3) is 3.35. The fourth-order valence-electron chi connectivity index (χ4n) is 1.29. The number of nitrogens with one attached hydrogen (secondary N) is 1. The van der Waals surface area contributed by atoms with Gasteiger partial charge in [0.05, 0.1) is 24.9 Å². The van der Waals surface area contributed by atoms with Gasteiger partial charge in [0.15, 0.2) is 0 Å². The van der Waals surface area contributed by atoms with Crippen molar-refractivity contribution in [1.82, 2.24) is 0 Å². The first-order valence-electron chi connectivity index (χ1n) is 4.94. The SMILES string of the molecule is COc1cc(NCCCCl)c(OC)cc1Cl. The third-order valence-electron chi connectivity index (χ3n) is 2.10. The molecule has 1 N–H and O–H groups in total. The minimum Gasteiger partial charge on any atom is -0.495 e. The average Bonchev–Trinajstić information content (AvgIpc) is 2.30. The van der Waals surface area contributed by atoms with Crippen molar-refractivity contribution in [2.75, 3.05) is 32.0 Å². The number of hydrogen-bond acceptors (Lipinski definition) is 3. The fraction of sp³-hybridized carbons (Fsp3) is 0.455. The zero-order chi connectivity index (χ0) is 12.0. The molecule has 0 spiro atoms. The van der Waals surface area contributed by atoms with Crippen LogP contribution in [0.5, 0.6) is 11.5 Å². The lowest BCUT2D eigenvalue weighted by atomic mass is 10.2. The summed E-state index contributed by atoms with van der Waals surface area (Å²) in [4.78, 5) is 0. The molecule has 1 aromatic carbocycles. The topological polar surface area (TPSA) is 30.5 Å². The van der Waals surface area contributed by atoms with Gasteiger partial charge >= 0.3 is 0 Å². The molecular formula is C11H15Cl2NO2. The summed E-state index contributed by atoms with van der Waals surface area (Å²) in [6, 6.07) is 3.54. The number of alkyl halides is 1. The standard InChI is InChI=1S/C11H15Cl2NO2/c1-15-10-7-9(14-5-3-4-12)11(16-2)6-8(10)13/h6-7,14H,3-5H2,1-2H3. The van der Waals surface area contributed by atoms with Crippen LogP contribution in [0.25, 0.3) is 0 Å². The zero-order valence-corrected chi connectivity index (χ0v) is 10.9. The van der Waals surface area contributed by atoms with Crippen molar-refractivity contribution in [3.05, 3.63) is 17.2 Å². The minimum absolute atomic E-state index is 0.530. The highest BCUT2D eigenvalue weighted by Crippen LogP contribution is 2.35. The number of rotatable bonds is 6. The van der Waals surface area contributed by atoms with Crippen LogP contribution in [0.4, 0.5) is 5.69 Å². The Morgan fingerprint density at radius 3 is 2.44 bits per heavy atom. The first-order chi connectivity index (χ1) is 7.72. The molecule has 0 aliphatic heterocycles. The molecule has 0 radical (unpaired) electrons. The summed E-state index contributed by atoms with van der Waals surface area (Å²) in [5.41, 5.74) is 0.855. The van der Waals surface area contributed by atoms with Crippen LogP contribution >= 0.6 is 23.2 Å². The Morgan fingerprint density at radius 2 is 1.88 bits per heavy atom. The van der Waals surface area contributed by atoms with E-state index in [0.717, 1.165) is 18.7 Å². The third-order valence-corrected chi connectivity index (χ3v) is 2.66. The summed E-state index contributed by atoms with van der Waals surface area (Å²) < 4.78 is 10.4. The molecule has 0 aromatic heterocycles. The Bertz CT molecular complexity index is 345. The van der Waals surface area contributed by atoms with Gasteiger partial charge in [0.25, 0.3) is 0 Å². The number of methoxy groups -OCH3 is 2. The van der Waals surface area contributed by atoms with Gasteiger partial charge in [-0.1, -0.05) is 11.6 Å². The predicted molar refractivity (Wildman–Crippen MR) is 68.4 cm³/mol. The number of hydrogen-bond donors (Lipinski definition) is 1. The monoisotopic (exact) mass is 263 g/mol. The Hall–Kier alpha value is -0.800. The zero-order valence-electron chi connectivity index (χ0n) is 9.35. The molecule has 1 aromatic rings. The molecule has 3 nitrogen and oxygen atoms in total. The van der Waals surface area contributed by atoms with Crippen molar-refractivity contribution in [3.63, 3.8) is 0 Å². The first-order valence-corrected chi connectivity index (χ1v) is 5.85. The van der Waals surface area contributed by atoms with E-state index in [0.29, 0.717) is 22.4 Å². The van der Waals surface area contributed by atoms with E-state index in [9.17, 15) is 0 Å². The highest BCUT2D eigenvalue weighted by molar-refractivity contribution is 6.32. The lowest BCUT2D eigenvalue weighted by Crippen LogP contribution is -2.04. The molecule has 0 amide bonds. The van der Waals surface area contributed by atoms with E-state index in [1.54, 1.807) is 20.3 Å². The summed E-state index contributed by atoms with van der Waals surface area (Å²) in [7, 11) is 3.18. The smallest absolute Gasteiger partial charge is 0.143 e. The van der Waals surface area contributed by atoms with E-state index in [-0.39, 0.29) is 0 Å². The number of benzene rings is 1. The molecular weight excluding hydrogens is 249 g/mol. The molecule has 0 saturated heterocycles. The second-order valence-corrected chi connectivity index (χ2v) is 3.94. The Kier molecular flexibility index (Phi) is 5.56. The Morgan fingerprint density at radius 1 is 1.19 bits per heavy atom. The predicted octanol–water partition coefficient (Wildman–Crippen LogP) is 3.40. The molecule has 0 heterocycles. The van der Waals surface area contributed by atoms with Crippen molar-refractivity contribution in [2.24, 2.45) is 0 Å². The van der Waals surface area contributed by atoms with Gasteiger partial charge < -0.3 is 14.8 Å². The number of anilines is 1. The molecule has 0 bridgehead atoms. The maximum absolute atomic E-state index is 5.99. The molecule has 90 valence electrons. The summed E-state index contributed by atoms with van der Waals surface area (Å²) >= 11 is 11.6. The van der Waals surface area contributed by atoms with Gasteiger partial charge in [0, 0.05) is 24.6 Å². The molecule has 1 rings (SSSR count). The van der Waals surface area contributed by atoms with Crippen LogP contribution in [0.1, 0.15) is 6.42 Å². The number of halogens is 2. The molecule has 0 atom stereocenters. The van der Waals surface area contributed by atoms with Crippen LogP contribution in [-0.4, -0.2) is 26.6 Å². The first kappa shape index (κ1) is 13.3. The van der Waals surface area contributed by atoms with Crippen LogP contribution in [0.2, 0.25) is 5.02 Å². The largest absolute Gasteiger partial charge is 0.495 e. The maximum atomic E-state index is 5.99. The molecule has 0 saturated carbocycles. The highest BCUT2D eigenvalue weighted by atomic mass is 35.5. The van der Waals surface area contributed by atoms with Crippen LogP contribution in [0, 0.1) is 0 Å². The molecule has 0 aliphatic rings. The summed E-state index contributed by atoms with van der Waals surface area (Å²) in [6.07, 6.45) is 0.885. The number of ether oxygens (including phenoxy) is 2. The van der Waals surface area contributed by atoms with Crippen LogP contribution in [0.15, 0.2) is 12.1 Å². The minimum atomic E-state index is 0.530. The van der Waals surface area contributed by atoms with Gasteiger partial charge in [-0.3, -0.25) is 0 Å². The van der Waals surface area contributed by atoms with Crippen molar-refractivity contribution in [1.29, 1.82) is 0 Å². The van der Waals surface area contributed by atoms with E-state index >= 15 is 0 Å². The Labute approximate surface area is 106 Å². The molecule has 5 heteroatoms. The second kappa shape index (κ2) is 6.71. The quantitative estimate of drug-likeness (QED) is 0.631. The van der Waals surface area contributed by atoms with Gasteiger partial charge in [0.1, 0.15) is 11.5 Å².